The number of aromatic amines is 1. The van der Waals surface area contributed by atoms with Gasteiger partial charge in [0, 0.05) is 42.7 Å². The van der Waals surface area contributed by atoms with E-state index in [0.29, 0.717) is 24.5 Å². The van der Waals surface area contributed by atoms with Crippen LogP contribution in [0.2, 0.25) is 0 Å². The van der Waals surface area contributed by atoms with Gasteiger partial charge in [-0.2, -0.15) is 5.10 Å². The molecule has 174 valence electrons. The van der Waals surface area contributed by atoms with E-state index in [0.717, 1.165) is 65.3 Å². The summed E-state index contributed by atoms with van der Waals surface area (Å²) in [5, 5.41) is 8.53. The number of nitrogens with zero attached hydrogens (tertiary/aromatic N) is 4. The van der Waals surface area contributed by atoms with E-state index in [1.165, 1.54) is 6.07 Å². The predicted octanol–water partition coefficient (Wildman–Crippen LogP) is 4.09. The number of aromatic nitrogens is 3. The number of halogens is 1. The fraction of sp³-hybridized carbons (Fsp3) is 0.308. The molecule has 0 spiro atoms. The van der Waals surface area contributed by atoms with E-state index in [-0.39, 0.29) is 12.4 Å². The molecule has 4 heterocycles. The number of anilines is 1. The minimum absolute atomic E-state index is 0.278. The van der Waals surface area contributed by atoms with Crippen LogP contribution < -0.4 is 9.64 Å². The Balaban J connectivity index is 1.48. The zero-order chi connectivity index (χ0) is 23.1. The molecule has 0 saturated carbocycles. The van der Waals surface area contributed by atoms with Crippen LogP contribution in [0.4, 0.5) is 10.1 Å². The lowest BCUT2D eigenvalue weighted by atomic mass is 10.0. The first-order valence-corrected chi connectivity index (χ1v) is 11.6. The molecule has 0 unspecified atom stereocenters. The van der Waals surface area contributed by atoms with Gasteiger partial charge in [-0.25, -0.2) is 4.39 Å². The number of piperazine rings is 1. The average molecular weight is 460 g/mol. The van der Waals surface area contributed by atoms with Gasteiger partial charge in [-0.05, 0) is 36.9 Å². The Kier molecular flexibility index (Phi) is 5.39. The lowest BCUT2D eigenvalue weighted by Crippen LogP contribution is -2.44. The lowest BCUT2D eigenvalue weighted by Gasteiger charge is -2.35. The molecule has 6 rings (SSSR count). The molecule has 0 radical (unpaired) electrons. The van der Waals surface area contributed by atoms with Gasteiger partial charge in [-0.1, -0.05) is 18.2 Å². The molecule has 7 nitrogen and oxygen atoms in total. The normalized spacial score (nSPS) is 16.8. The summed E-state index contributed by atoms with van der Waals surface area (Å²) in [5.41, 5.74) is 5.38. The Bertz CT molecular complexity index is 1350. The van der Waals surface area contributed by atoms with Crippen molar-refractivity contribution >= 4 is 16.6 Å². The lowest BCUT2D eigenvalue weighted by molar-refractivity contribution is 0.0891. The van der Waals surface area contributed by atoms with Crippen LogP contribution in [0.25, 0.3) is 33.4 Å². The second kappa shape index (κ2) is 8.70. The van der Waals surface area contributed by atoms with E-state index in [1.54, 1.807) is 12.3 Å². The smallest absolute Gasteiger partial charge is 0.143 e. The Morgan fingerprint density at radius 1 is 1.03 bits per heavy atom. The first-order valence-electron chi connectivity index (χ1n) is 11.6. The topological polar surface area (TPSA) is 66.5 Å². The van der Waals surface area contributed by atoms with Gasteiger partial charge in [0.15, 0.2) is 0 Å². The summed E-state index contributed by atoms with van der Waals surface area (Å²) >= 11 is 0. The molecule has 0 aliphatic carbocycles. The molecule has 2 aliphatic heterocycles. The van der Waals surface area contributed by atoms with Gasteiger partial charge in [0.1, 0.15) is 23.9 Å². The van der Waals surface area contributed by atoms with Crippen molar-refractivity contribution in [1.82, 2.24) is 20.1 Å². The monoisotopic (exact) mass is 459 g/mol. The van der Waals surface area contributed by atoms with E-state index >= 15 is 0 Å². The van der Waals surface area contributed by atoms with Gasteiger partial charge in [0.2, 0.25) is 0 Å². The zero-order valence-corrected chi connectivity index (χ0v) is 19.1. The highest BCUT2D eigenvalue weighted by Crippen LogP contribution is 2.37. The van der Waals surface area contributed by atoms with E-state index in [2.05, 4.69) is 44.2 Å². The van der Waals surface area contributed by atoms with Crippen LogP contribution in [0.5, 0.6) is 5.75 Å². The van der Waals surface area contributed by atoms with E-state index < -0.39 is 0 Å². The minimum Gasteiger partial charge on any atom is -0.489 e. The first kappa shape index (κ1) is 21.1. The molecule has 34 heavy (non-hydrogen) atoms. The van der Waals surface area contributed by atoms with Crippen molar-refractivity contribution in [2.75, 3.05) is 51.3 Å². The molecular formula is C26H26FN5O2. The van der Waals surface area contributed by atoms with Crippen LogP contribution in [0.1, 0.15) is 5.56 Å². The summed E-state index contributed by atoms with van der Waals surface area (Å²) in [6.45, 7) is 4.99. The summed E-state index contributed by atoms with van der Waals surface area (Å²) < 4.78 is 27.0. The SMILES string of the molecule is CN1CCN(c2ccc3cc2OCCOCc2cccc(F)c2-c2cc4c-3n[nH]c4cn2)CC1. The van der Waals surface area contributed by atoms with Crippen LogP contribution >= 0.6 is 0 Å². The van der Waals surface area contributed by atoms with Crippen molar-refractivity contribution in [3.8, 4) is 28.3 Å². The largest absolute Gasteiger partial charge is 0.489 e. The Hall–Kier alpha value is -3.49. The molecule has 4 aromatic rings. The molecule has 8 heteroatoms. The fourth-order valence-electron chi connectivity index (χ4n) is 4.73. The van der Waals surface area contributed by atoms with Crippen LogP contribution in [0.15, 0.2) is 48.7 Å². The van der Waals surface area contributed by atoms with E-state index in [9.17, 15) is 4.39 Å². The molecule has 0 amide bonds. The molecule has 4 bridgehead atoms. The molecule has 2 aromatic heterocycles. The molecule has 2 aliphatic rings. The number of nitrogens with one attached hydrogen (secondary N) is 1. The maximum atomic E-state index is 14.9. The molecule has 2 aromatic carbocycles. The van der Waals surface area contributed by atoms with Gasteiger partial charge in [-0.3, -0.25) is 10.1 Å². The third-order valence-corrected chi connectivity index (χ3v) is 6.62. The third-order valence-electron chi connectivity index (χ3n) is 6.62. The number of rotatable bonds is 1. The van der Waals surface area contributed by atoms with Crippen LogP contribution in [0, 0.1) is 5.82 Å². The number of likely N-dealkylation sites (N-methyl/N-ethyl adjacent to an activating group) is 1. The quantitative estimate of drug-likeness (QED) is 0.463. The Labute approximate surface area is 197 Å². The summed E-state index contributed by atoms with van der Waals surface area (Å²) in [5.74, 6) is 0.500. The van der Waals surface area contributed by atoms with Crippen LogP contribution in [0.3, 0.4) is 0 Å². The number of fused-ring (bicyclic) bond motifs is 6. The molecule has 1 saturated heterocycles. The average Bonchev–Trinajstić information content (AvgIpc) is 3.27. The third kappa shape index (κ3) is 3.78. The number of hydrogen-bond donors (Lipinski definition) is 1. The first-order chi connectivity index (χ1) is 16.7. The number of pyridine rings is 1. The standard InChI is InChI=1S/C26H26FN5O2/c1-31-7-9-32(10-8-31)23-6-5-17-13-24(23)34-12-11-33-16-18-3-2-4-20(27)25(18)21-14-19-22(15-28-21)29-30-26(17)19/h2-6,13-15H,7-12,16H2,1H3,(H,29,30). The van der Waals surface area contributed by atoms with Gasteiger partial charge < -0.3 is 19.3 Å². The van der Waals surface area contributed by atoms with E-state index in [4.69, 9.17) is 9.47 Å². The summed E-state index contributed by atoms with van der Waals surface area (Å²) in [4.78, 5) is 9.23. The Morgan fingerprint density at radius 2 is 1.91 bits per heavy atom. The fourth-order valence-corrected chi connectivity index (χ4v) is 4.73. The number of H-pyrrole nitrogens is 1. The maximum absolute atomic E-state index is 14.9. The summed E-state index contributed by atoms with van der Waals surface area (Å²) in [6.07, 6.45) is 1.71. The summed E-state index contributed by atoms with van der Waals surface area (Å²) in [7, 11) is 2.15. The number of benzene rings is 2. The van der Waals surface area contributed by atoms with Crippen molar-refractivity contribution in [3.63, 3.8) is 0 Å². The van der Waals surface area contributed by atoms with E-state index in [1.807, 2.05) is 18.2 Å². The van der Waals surface area contributed by atoms with Crippen LogP contribution in [-0.2, 0) is 11.3 Å². The second-order valence-corrected chi connectivity index (χ2v) is 8.84. The van der Waals surface area contributed by atoms with Gasteiger partial charge in [0.05, 0.1) is 36.3 Å². The molecule has 1 fully saturated rings. The van der Waals surface area contributed by atoms with Gasteiger partial charge in [0.25, 0.3) is 0 Å². The van der Waals surface area contributed by atoms with Crippen molar-refractivity contribution in [2.45, 2.75) is 6.61 Å². The Morgan fingerprint density at radius 3 is 2.79 bits per heavy atom. The van der Waals surface area contributed by atoms with Crippen molar-refractivity contribution in [2.24, 2.45) is 0 Å². The van der Waals surface area contributed by atoms with Crippen molar-refractivity contribution in [3.05, 3.63) is 60.0 Å². The number of hydrogen-bond acceptors (Lipinski definition) is 6. The van der Waals surface area contributed by atoms with Crippen LogP contribution in [-0.4, -0.2) is 66.5 Å². The zero-order valence-electron chi connectivity index (χ0n) is 19.1. The van der Waals surface area contributed by atoms with Gasteiger partial charge >= 0.3 is 0 Å². The predicted molar refractivity (Wildman–Crippen MR) is 130 cm³/mol. The minimum atomic E-state index is -0.319. The molecule has 1 N–H and O–H groups in total. The van der Waals surface area contributed by atoms with Crippen molar-refractivity contribution in [1.29, 1.82) is 0 Å². The summed E-state index contributed by atoms with van der Waals surface area (Å²) in [6, 6.07) is 13.2. The highest BCUT2D eigenvalue weighted by atomic mass is 19.1. The van der Waals surface area contributed by atoms with Crippen molar-refractivity contribution < 1.29 is 13.9 Å². The van der Waals surface area contributed by atoms with Gasteiger partial charge in [-0.15, -0.1) is 0 Å². The second-order valence-electron chi connectivity index (χ2n) is 8.84. The number of ether oxygens (including phenoxy) is 2. The molecular weight excluding hydrogens is 433 g/mol. The highest BCUT2D eigenvalue weighted by Gasteiger charge is 2.21. The highest BCUT2D eigenvalue weighted by molar-refractivity contribution is 5.95. The molecule has 0 atom stereocenters. The maximum Gasteiger partial charge on any atom is 0.143 e.